The van der Waals surface area contributed by atoms with Crippen LogP contribution in [0.25, 0.3) is 0 Å². The number of phenolic OH excluding ortho intramolecular Hbond substituents is 1. The van der Waals surface area contributed by atoms with Gasteiger partial charge in [-0.1, -0.05) is 23.7 Å². The van der Waals surface area contributed by atoms with Gasteiger partial charge in [0.2, 0.25) is 0 Å². The molecular formula is C17H15ClO5. The van der Waals surface area contributed by atoms with Crippen molar-refractivity contribution in [3.63, 3.8) is 0 Å². The van der Waals surface area contributed by atoms with Crippen LogP contribution in [-0.4, -0.2) is 22.8 Å². The molecule has 0 saturated heterocycles. The van der Waals surface area contributed by atoms with Gasteiger partial charge in [0.05, 0.1) is 18.1 Å². The number of aliphatic carboxylic acids is 1. The molecule has 1 atom stereocenters. The number of rotatable bonds is 5. The maximum absolute atomic E-state index is 10.8. The number of carbonyl (C=O) groups is 1. The Bertz CT molecular complexity index is 744. The number of halogens is 1. The Hall–Kier alpha value is -2.40. The normalized spacial score (nSPS) is 15.8. The van der Waals surface area contributed by atoms with Gasteiger partial charge in [-0.15, -0.1) is 0 Å². The van der Waals surface area contributed by atoms with E-state index in [0.29, 0.717) is 23.1 Å². The minimum atomic E-state index is -0.839. The van der Waals surface area contributed by atoms with Crippen LogP contribution in [0.4, 0.5) is 0 Å². The first-order chi connectivity index (χ1) is 11.0. The van der Waals surface area contributed by atoms with E-state index in [-0.39, 0.29) is 24.7 Å². The van der Waals surface area contributed by atoms with Crippen molar-refractivity contribution >= 4 is 17.6 Å². The van der Waals surface area contributed by atoms with E-state index in [1.165, 1.54) is 6.07 Å². The predicted molar refractivity (Wildman–Crippen MR) is 84.4 cm³/mol. The Morgan fingerprint density at radius 1 is 1.30 bits per heavy atom. The van der Waals surface area contributed by atoms with Gasteiger partial charge in [0.1, 0.15) is 23.9 Å². The number of hydrogen-bond donors (Lipinski definition) is 2. The van der Waals surface area contributed by atoms with Crippen LogP contribution in [0.5, 0.6) is 17.2 Å². The zero-order chi connectivity index (χ0) is 16.4. The predicted octanol–water partition coefficient (Wildman–Crippen LogP) is 3.58. The van der Waals surface area contributed by atoms with Crippen LogP contribution in [0.3, 0.4) is 0 Å². The highest BCUT2D eigenvalue weighted by atomic mass is 35.5. The molecule has 1 aliphatic heterocycles. The molecule has 0 spiro atoms. The third-order valence-corrected chi connectivity index (χ3v) is 4.07. The second kappa shape index (κ2) is 6.38. The second-order valence-corrected chi connectivity index (χ2v) is 5.78. The van der Waals surface area contributed by atoms with Crippen molar-refractivity contribution in [2.75, 3.05) is 6.61 Å². The molecule has 0 aliphatic carbocycles. The van der Waals surface area contributed by atoms with Gasteiger partial charge in [-0.05, 0) is 18.2 Å². The molecule has 6 heteroatoms. The van der Waals surface area contributed by atoms with Crippen molar-refractivity contribution in [3.8, 4) is 17.2 Å². The van der Waals surface area contributed by atoms with E-state index in [9.17, 15) is 9.90 Å². The lowest BCUT2D eigenvalue weighted by Gasteiger charge is -2.10. The largest absolute Gasteiger partial charge is 0.508 e. The molecule has 1 aliphatic rings. The lowest BCUT2D eigenvalue weighted by atomic mass is 9.98. The molecule has 120 valence electrons. The number of aromatic hydroxyl groups is 1. The molecule has 5 nitrogen and oxygen atoms in total. The monoisotopic (exact) mass is 334 g/mol. The van der Waals surface area contributed by atoms with Crippen LogP contribution in [0.15, 0.2) is 36.4 Å². The number of benzene rings is 2. The molecule has 23 heavy (non-hydrogen) atoms. The SMILES string of the molecule is O=C(O)CC1COc2cc(OCc3ccc(O)cc3Cl)ccc21. The number of fused-ring (bicyclic) bond motifs is 1. The lowest BCUT2D eigenvalue weighted by molar-refractivity contribution is -0.137. The molecule has 2 aromatic carbocycles. The van der Waals surface area contributed by atoms with Crippen LogP contribution >= 0.6 is 11.6 Å². The number of carboxylic acid groups (broad SMARTS) is 1. The van der Waals surface area contributed by atoms with Gasteiger partial charge >= 0.3 is 5.97 Å². The molecule has 2 aromatic rings. The molecular weight excluding hydrogens is 320 g/mol. The fraction of sp³-hybridized carbons (Fsp3) is 0.235. The topological polar surface area (TPSA) is 76.0 Å². The second-order valence-electron chi connectivity index (χ2n) is 5.37. The highest BCUT2D eigenvalue weighted by molar-refractivity contribution is 6.31. The molecule has 0 fully saturated rings. The summed E-state index contributed by atoms with van der Waals surface area (Å²) >= 11 is 6.04. The Kier molecular flexibility index (Phi) is 4.30. The van der Waals surface area contributed by atoms with Crippen molar-refractivity contribution in [1.29, 1.82) is 0 Å². The van der Waals surface area contributed by atoms with Crippen molar-refractivity contribution in [3.05, 3.63) is 52.5 Å². The summed E-state index contributed by atoms with van der Waals surface area (Å²) in [6.45, 7) is 0.630. The van der Waals surface area contributed by atoms with E-state index in [2.05, 4.69) is 0 Å². The van der Waals surface area contributed by atoms with Gasteiger partial charge in [-0.2, -0.15) is 0 Å². The van der Waals surface area contributed by atoms with E-state index in [0.717, 1.165) is 11.1 Å². The summed E-state index contributed by atoms with van der Waals surface area (Å²) in [6, 6.07) is 10.1. The van der Waals surface area contributed by atoms with Gasteiger partial charge in [-0.3, -0.25) is 4.79 Å². The summed E-state index contributed by atoms with van der Waals surface area (Å²) in [5.74, 6) is 0.417. The molecule has 1 heterocycles. The maximum atomic E-state index is 10.8. The van der Waals surface area contributed by atoms with Crippen molar-refractivity contribution in [2.45, 2.75) is 18.9 Å². The van der Waals surface area contributed by atoms with Gasteiger partial charge in [-0.25, -0.2) is 0 Å². The Balaban J connectivity index is 1.69. The first-order valence-corrected chi connectivity index (χ1v) is 7.49. The zero-order valence-corrected chi connectivity index (χ0v) is 12.9. The highest BCUT2D eigenvalue weighted by Gasteiger charge is 2.26. The van der Waals surface area contributed by atoms with Gasteiger partial charge in [0, 0.05) is 23.1 Å². The Morgan fingerprint density at radius 3 is 2.87 bits per heavy atom. The highest BCUT2D eigenvalue weighted by Crippen LogP contribution is 2.38. The van der Waals surface area contributed by atoms with Crippen LogP contribution < -0.4 is 9.47 Å². The quantitative estimate of drug-likeness (QED) is 0.874. The van der Waals surface area contributed by atoms with Gasteiger partial charge in [0.25, 0.3) is 0 Å². The van der Waals surface area contributed by atoms with Crippen molar-refractivity contribution < 1.29 is 24.5 Å². The van der Waals surface area contributed by atoms with E-state index in [1.54, 1.807) is 24.3 Å². The number of ether oxygens (including phenoxy) is 2. The number of hydrogen-bond acceptors (Lipinski definition) is 4. The fourth-order valence-corrected chi connectivity index (χ4v) is 2.77. The number of phenols is 1. The smallest absolute Gasteiger partial charge is 0.304 e. The standard InChI is InChI=1S/C17H15ClO5/c18-15-6-12(19)2-1-10(15)8-22-13-3-4-14-11(5-17(20)21)9-23-16(14)7-13/h1-4,6-7,11,19H,5,8-9H2,(H,20,21). The molecule has 1 unspecified atom stereocenters. The molecule has 0 radical (unpaired) electrons. The average Bonchev–Trinajstić information content (AvgIpc) is 2.88. The summed E-state index contributed by atoms with van der Waals surface area (Å²) in [7, 11) is 0. The third kappa shape index (κ3) is 3.51. The van der Waals surface area contributed by atoms with E-state index in [4.69, 9.17) is 26.2 Å². The van der Waals surface area contributed by atoms with E-state index < -0.39 is 5.97 Å². The minimum Gasteiger partial charge on any atom is -0.508 e. The van der Waals surface area contributed by atoms with Gasteiger partial charge < -0.3 is 19.7 Å². The molecule has 2 N–H and O–H groups in total. The molecule has 0 saturated carbocycles. The molecule has 0 aromatic heterocycles. The van der Waals surface area contributed by atoms with Crippen LogP contribution in [0.2, 0.25) is 5.02 Å². The molecule has 3 rings (SSSR count). The van der Waals surface area contributed by atoms with Crippen molar-refractivity contribution in [2.24, 2.45) is 0 Å². The van der Waals surface area contributed by atoms with Crippen LogP contribution in [-0.2, 0) is 11.4 Å². The fourth-order valence-electron chi connectivity index (χ4n) is 2.54. The number of carboxylic acids is 1. The van der Waals surface area contributed by atoms with Crippen LogP contribution in [0.1, 0.15) is 23.5 Å². The van der Waals surface area contributed by atoms with E-state index >= 15 is 0 Å². The molecule has 0 amide bonds. The average molecular weight is 335 g/mol. The first kappa shape index (κ1) is 15.5. The summed E-state index contributed by atoms with van der Waals surface area (Å²) < 4.78 is 11.2. The third-order valence-electron chi connectivity index (χ3n) is 3.72. The van der Waals surface area contributed by atoms with Crippen LogP contribution in [0, 0.1) is 0 Å². The summed E-state index contributed by atoms with van der Waals surface area (Å²) in [4.78, 5) is 10.8. The summed E-state index contributed by atoms with van der Waals surface area (Å²) in [5.41, 5.74) is 1.65. The summed E-state index contributed by atoms with van der Waals surface area (Å²) in [5, 5.41) is 18.7. The maximum Gasteiger partial charge on any atom is 0.304 e. The lowest BCUT2D eigenvalue weighted by Crippen LogP contribution is -2.07. The van der Waals surface area contributed by atoms with Crippen molar-refractivity contribution in [1.82, 2.24) is 0 Å². The Labute approximate surface area is 138 Å². The van der Waals surface area contributed by atoms with Gasteiger partial charge in [0.15, 0.2) is 0 Å². The summed E-state index contributed by atoms with van der Waals surface area (Å²) in [6.07, 6.45) is 0.0519. The molecule has 0 bridgehead atoms. The minimum absolute atomic E-state index is 0.0519. The van der Waals surface area contributed by atoms with E-state index in [1.807, 2.05) is 6.07 Å². The Morgan fingerprint density at radius 2 is 2.13 bits per heavy atom. The first-order valence-electron chi connectivity index (χ1n) is 7.11. The zero-order valence-electron chi connectivity index (χ0n) is 12.2.